The third-order valence-corrected chi connectivity index (χ3v) is 6.49. The van der Waals surface area contributed by atoms with Crippen LogP contribution in [0.4, 0.5) is 0 Å². The van der Waals surface area contributed by atoms with E-state index < -0.39 is 5.92 Å². The number of Topliss-reactive ketones (excluding diaryl/α,β-unsaturated/α-hetero) is 2. The maximum absolute atomic E-state index is 13.1. The molecule has 4 rings (SSSR count). The lowest BCUT2D eigenvalue weighted by atomic mass is 9.74. The molecule has 0 spiro atoms. The minimum Gasteiger partial charge on any atom is -0.352 e. The summed E-state index contributed by atoms with van der Waals surface area (Å²) in [5.74, 6) is -0.722. The molecule has 0 amide bonds. The third kappa shape index (κ3) is 5.08. The van der Waals surface area contributed by atoms with E-state index in [1.165, 1.54) is 0 Å². The Bertz CT molecular complexity index is 951. The van der Waals surface area contributed by atoms with E-state index in [9.17, 15) is 9.59 Å². The van der Waals surface area contributed by atoms with Crippen molar-refractivity contribution in [1.29, 1.82) is 0 Å². The summed E-state index contributed by atoms with van der Waals surface area (Å²) in [6.07, 6.45) is 1.02. The third-order valence-electron chi connectivity index (χ3n) is 6.24. The van der Waals surface area contributed by atoms with Gasteiger partial charge in [0.25, 0.3) is 0 Å². The van der Waals surface area contributed by atoms with Crippen LogP contribution < -0.4 is 0 Å². The van der Waals surface area contributed by atoms with Crippen molar-refractivity contribution < 1.29 is 19.1 Å². The zero-order valence-electron chi connectivity index (χ0n) is 18.3. The van der Waals surface area contributed by atoms with Gasteiger partial charge < -0.3 is 9.47 Å². The highest BCUT2D eigenvalue weighted by Gasteiger charge is 2.39. The summed E-state index contributed by atoms with van der Waals surface area (Å²) in [5.41, 5.74) is 3.77. The lowest BCUT2D eigenvalue weighted by Gasteiger charge is -2.37. The molecule has 2 aromatic carbocycles. The predicted octanol–water partition coefficient (Wildman–Crippen LogP) is 5.74. The van der Waals surface area contributed by atoms with Gasteiger partial charge in [-0.15, -0.1) is 0 Å². The molecule has 2 fully saturated rings. The average molecular weight is 441 g/mol. The number of carbonyl (C=O) groups excluding carboxylic acids is 2. The summed E-state index contributed by atoms with van der Waals surface area (Å²) in [4.78, 5) is 26.2. The molecule has 0 N–H and O–H groups in total. The quantitative estimate of drug-likeness (QED) is 0.569. The van der Waals surface area contributed by atoms with Gasteiger partial charge in [0.1, 0.15) is 17.5 Å². The van der Waals surface area contributed by atoms with Crippen molar-refractivity contribution in [2.45, 2.75) is 52.2 Å². The molecule has 0 radical (unpaired) electrons. The van der Waals surface area contributed by atoms with Crippen molar-refractivity contribution in [3.8, 4) is 11.1 Å². The van der Waals surface area contributed by atoms with Gasteiger partial charge in [0.05, 0.1) is 13.2 Å². The molecular weight excluding hydrogens is 412 g/mol. The van der Waals surface area contributed by atoms with Crippen LogP contribution in [0, 0.1) is 18.3 Å². The Morgan fingerprint density at radius 3 is 2.13 bits per heavy atom. The number of ether oxygens (including phenoxy) is 2. The van der Waals surface area contributed by atoms with Crippen LogP contribution in [0.15, 0.2) is 42.5 Å². The van der Waals surface area contributed by atoms with E-state index in [-0.39, 0.29) is 29.2 Å². The number of halogens is 1. The van der Waals surface area contributed by atoms with E-state index in [4.69, 9.17) is 21.1 Å². The maximum atomic E-state index is 13.1. The average Bonchev–Trinajstić information content (AvgIpc) is 2.71. The largest absolute Gasteiger partial charge is 0.352 e. The first-order valence-corrected chi connectivity index (χ1v) is 11.2. The monoisotopic (exact) mass is 440 g/mol. The Hall–Kier alpha value is -2.01. The number of carbonyl (C=O) groups is 2. The van der Waals surface area contributed by atoms with E-state index in [2.05, 4.69) is 13.8 Å². The topological polar surface area (TPSA) is 52.6 Å². The Balaban J connectivity index is 1.48. The van der Waals surface area contributed by atoms with Gasteiger partial charge in [-0.25, -0.2) is 0 Å². The second kappa shape index (κ2) is 8.85. The van der Waals surface area contributed by atoms with E-state index in [0.717, 1.165) is 22.3 Å². The van der Waals surface area contributed by atoms with Crippen molar-refractivity contribution in [2.24, 2.45) is 11.3 Å². The second-order valence-corrected chi connectivity index (χ2v) is 10.1. The number of aryl methyl sites for hydroxylation is 1. The molecule has 2 aliphatic rings. The van der Waals surface area contributed by atoms with Gasteiger partial charge in [0.2, 0.25) is 0 Å². The van der Waals surface area contributed by atoms with E-state index in [0.29, 0.717) is 37.5 Å². The zero-order chi connectivity index (χ0) is 22.2. The van der Waals surface area contributed by atoms with Crippen LogP contribution in [0.25, 0.3) is 11.1 Å². The van der Waals surface area contributed by atoms with Gasteiger partial charge in [0.15, 0.2) is 6.29 Å². The van der Waals surface area contributed by atoms with Crippen molar-refractivity contribution in [3.05, 3.63) is 58.6 Å². The molecule has 4 nitrogen and oxygen atoms in total. The zero-order valence-corrected chi connectivity index (χ0v) is 19.1. The highest BCUT2D eigenvalue weighted by Crippen LogP contribution is 2.37. The number of hydrogen-bond acceptors (Lipinski definition) is 4. The van der Waals surface area contributed by atoms with E-state index >= 15 is 0 Å². The molecule has 5 heteroatoms. The van der Waals surface area contributed by atoms with Gasteiger partial charge in [-0.05, 0) is 53.3 Å². The molecule has 0 aromatic heterocycles. The molecular formula is C26H29ClO4. The lowest BCUT2D eigenvalue weighted by Crippen LogP contribution is -2.40. The molecule has 1 heterocycles. The van der Waals surface area contributed by atoms with Gasteiger partial charge in [0, 0.05) is 29.7 Å². The van der Waals surface area contributed by atoms with Gasteiger partial charge in [-0.2, -0.15) is 0 Å². The summed E-state index contributed by atoms with van der Waals surface area (Å²) in [7, 11) is 0. The number of ketones is 2. The van der Waals surface area contributed by atoms with Gasteiger partial charge in [-0.1, -0.05) is 49.7 Å². The fraction of sp³-hybridized carbons (Fsp3) is 0.462. The van der Waals surface area contributed by atoms with Crippen molar-refractivity contribution in [3.63, 3.8) is 0 Å². The fourth-order valence-corrected chi connectivity index (χ4v) is 4.60. The molecule has 0 bridgehead atoms. The summed E-state index contributed by atoms with van der Waals surface area (Å²) in [5, 5.41) is 0.675. The second-order valence-electron chi connectivity index (χ2n) is 9.67. The van der Waals surface area contributed by atoms with E-state index in [1.807, 2.05) is 49.4 Å². The fourth-order valence-electron chi connectivity index (χ4n) is 4.48. The summed E-state index contributed by atoms with van der Waals surface area (Å²) < 4.78 is 11.6. The molecule has 1 aliphatic heterocycles. The highest BCUT2D eigenvalue weighted by molar-refractivity contribution is 6.30. The minimum absolute atomic E-state index is 0.00579. The molecule has 31 heavy (non-hydrogen) atoms. The van der Waals surface area contributed by atoms with E-state index in [1.54, 1.807) is 0 Å². The van der Waals surface area contributed by atoms with Crippen LogP contribution in [0.3, 0.4) is 0 Å². The van der Waals surface area contributed by atoms with Crippen LogP contribution in [-0.4, -0.2) is 31.1 Å². The first kappa shape index (κ1) is 22.2. The first-order chi connectivity index (χ1) is 14.7. The first-order valence-electron chi connectivity index (χ1n) is 10.9. The smallest absolute Gasteiger partial charge is 0.157 e. The molecule has 164 valence electrons. The molecule has 1 saturated heterocycles. The van der Waals surface area contributed by atoms with Crippen molar-refractivity contribution in [1.82, 2.24) is 0 Å². The van der Waals surface area contributed by atoms with Gasteiger partial charge in [-0.3, -0.25) is 9.59 Å². The molecule has 0 unspecified atom stereocenters. The summed E-state index contributed by atoms with van der Waals surface area (Å²) in [6, 6.07) is 13.6. The predicted molar refractivity (Wildman–Crippen MR) is 121 cm³/mol. The molecule has 1 saturated carbocycles. The SMILES string of the molecule is Cc1ccc(-c2ccc(Cl)cc2)cc1C1C(=O)CC(CC2OCC(C)(C)CO2)CC1=O. The Labute approximate surface area is 188 Å². The normalized spacial score (nSPS) is 24.4. The molecule has 0 atom stereocenters. The van der Waals surface area contributed by atoms with Crippen molar-refractivity contribution >= 4 is 23.2 Å². The van der Waals surface area contributed by atoms with Crippen LogP contribution in [0.5, 0.6) is 0 Å². The minimum atomic E-state index is -0.685. The van der Waals surface area contributed by atoms with Crippen LogP contribution in [0.2, 0.25) is 5.02 Å². The van der Waals surface area contributed by atoms with Crippen LogP contribution in [-0.2, 0) is 19.1 Å². The van der Waals surface area contributed by atoms with Gasteiger partial charge >= 0.3 is 0 Å². The summed E-state index contributed by atoms with van der Waals surface area (Å²) in [6.45, 7) is 7.42. The maximum Gasteiger partial charge on any atom is 0.157 e. The highest BCUT2D eigenvalue weighted by atomic mass is 35.5. The summed E-state index contributed by atoms with van der Waals surface area (Å²) >= 11 is 6.01. The number of hydrogen-bond donors (Lipinski definition) is 0. The standard InChI is InChI=1S/C26H29ClO4/c1-16-4-5-19(18-6-8-20(27)9-7-18)13-21(16)25-22(28)10-17(11-23(25)29)12-24-30-14-26(2,3)15-31-24/h4-9,13,17,24-25H,10-12,14-15H2,1-3H3. The van der Waals surface area contributed by atoms with Crippen LogP contribution >= 0.6 is 11.6 Å². The van der Waals surface area contributed by atoms with Crippen molar-refractivity contribution in [2.75, 3.05) is 13.2 Å². The Kier molecular flexibility index (Phi) is 6.34. The molecule has 2 aromatic rings. The molecule has 1 aliphatic carbocycles. The Morgan fingerprint density at radius 2 is 1.52 bits per heavy atom. The Morgan fingerprint density at radius 1 is 0.935 bits per heavy atom. The van der Waals surface area contributed by atoms with Crippen LogP contribution in [0.1, 0.15) is 50.2 Å². The number of benzene rings is 2. The lowest BCUT2D eigenvalue weighted by molar-refractivity contribution is -0.228. The number of rotatable bonds is 4.